The zero-order valence-corrected chi connectivity index (χ0v) is 13.8. The Hall–Kier alpha value is -1.85. The molecule has 124 valence electrons. The van der Waals surface area contributed by atoms with Gasteiger partial charge in [-0.2, -0.15) is 5.10 Å². The fourth-order valence-electron chi connectivity index (χ4n) is 3.01. The van der Waals surface area contributed by atoms with Gasteiger partial charge >= 0.3 is 0 Å². The third-order valence-electron chi connectivity index (χ3n) is 4.28. The molecule has 1 aliphatic rings. The summed E-state index contributed by atoms with van der Waals surface area (Å²) in [6, 6.07) is 8.44. The minimum absolute atomic E-state index is 0.744. The topological polar surface area (TPSA) is 39.5 Å². The van der Waals surface area contributed by atoms with Crippen molar-refractivity contribution < 1.29 is 9.47 Å². The summed E-state index contributed by atoms with van der Waals surface area (Å²) in [7, 11) is 1.72. The molecule has 0 bridgehead atoms. The normalized spacial score (nSPS) is 15.7. The van der Waals surface area contributed by atoms with Crippen LogP contribution in [0.1, 0.15) is 17.5 Å². The molecule has 0 N–H and O–H groups in total. The molecule has 5 heteroatoms. The summed E-state index contributed by atoms with van der Waals surface area (Å²) in [4.78, 5) is 2.48. The third-order valence-corrected chi connectivity index (χ3v) is 4.28. The molecule has 1 aromatic heterocycles. The predicted octanol–water partition coefficient (Wildman–Crippen LogP) is 2.20. The van der Waals surface area contributed by atoms with E-state index < -0.39 is 0 Å². The van der Waals surface area contributed by atoms with Gasteiger partial charge in [0, 0.05) is 31.0 Å². The molecule has 0 radical (unpaired) electrons. The SMILES string of the molecule is COc1ccc(CCCN2CCOCC2)cc1Cn1cccn1. The Morgan fingerprint density at radius 3 is 2.87 bits per heavy atom. The summed E-state index contributed by atoms with van der Waals surface area (Å²) in [5.74, 6) is 0.928. The van der Waals surface area contributed by atoms with Gasteiger partial charge in [-0.25, -0.2) is 0 Å². The number of aryl methyl sites for hydroxylation is 1. The van der Waals surface area contributed by atoms with Crippen LogP contribution in [-0.2, 0) is 17.7 Å². The van der Waals surface area contributed by atoms with Crippen LogP contribution in [0.15, 0.2) is 36.7 Å². The van der Waals surface area contributed by atoms with Gasteiger partial charge in [-0.15, -0.1) is 0 Å². The average molecular weight is 315 g/mol. The van der Waals surface area contributed by atoms with Crippen LogP contribution in [0.2, 0.25) is 0 Å². The molecule has 0 unspecified atom stereocenters. The van der Waals surface area contributed by atoms with E-state index in [0.717, 1.165) is 51.6 Å². The highest BCUT2D eigenvalue weighted by atomic mass is 16.5. The summed E-state index contributed by atoms with van der Waals surface area (Å²) in [6.45, 7) is 5.75. The second kappa shape index (κ2) is 8.13. The van der Waals surface area contributed by atoms with Gasteiger partial charge < -0.3 is 9.47 Å². The zero-order chi connectivity index (χ0) is 15.9. The number of morpholine rings is 1. The van der Waals surface area contributed by atoms with Crippen LogP contribution >= 0.6 is 0 Å². The minimum atomic E-state index is 0.744. The first-order valence-corrected chi connectivity index (χ1v) is 8.28. The molecule has 0 saturated carbocycles. The molecule has 5 nitrogen and oxygen atoms in total. The molecular formula is C18H25N3O2. The van der Waals surface area contributed by atoms with Crippen LogP contribution < -0.4 is 4.74 Å². The van der Waals surface area contributed by atoms with Gasteiger partial charge in [-0.05, 0) is 37.1 Å². The maximum Gasteiger partial charge on any atom is 0.123 e. The highest BCUT2D eigenvalue weighted by molar-refractivity contribution is 5.37. The van der Waals surface area contributed by atoms with E-state index in [4.69, 9.17) is 9.47 Å². The molecule has 1 aromatic carbocycles. The standard InChI is InChI=1S/C18H25N3O2/c1-22-18-6-5-16(4-2-8-20-10-12-23-13-11-20)14-17(18)15-21-9-3-7-19-21/h3,5-7,9,14H,2,4,8,10-13,15H2,1H3. The van der Waals surface area contributed by atoms with Gasteiger partial charge in [-0.1, -0.05) is 12.1 Å². The van der Waals surface area contributed by atoms with E-state index >= 15 is 0 Å². The molecule has 1 aliphatic heterocycles. The molecule has 0 atom stereocenters. The van der Waals surface area contributed by atoms with E-state index in [1.165, 1.54) is 17.5 Å². The smallest absolute Gasteiger partial charge is 0.123 e. The Morgan fingerprint density at radius 2 is 2.13 bits per heavy atom. The first kappa shape index (κ1) is 16.0. The van der Waals surface area contributed by atoms with E-state index in [1.807, 2.05) is 16.9 Å². The molecule has 1 saturated heterocycles. The Labute approximate surface area is 137 Å². The fraction of sp³-hybridized carbons (Fsp3) is 0.500. The van der Waals surface area contributed by atoms with E-state index in [1.54, 1.807) is 13.3 Å². The first-order chi connectivity index (χ1) is 11.3. The van der Waals surface area contributed by atoms with E-state index in [-0.39, 0.29) is 0 Å². The van der Waals surface area contributed by atoms with E-state index in [0.29, 0.717) is 0 Å². The first-order valence-electron chi connectivity index (χ1n) is 8.28. The quantitative estimate of drug-likeness (QED) is 0.785. The second-order valence-corrected chi connectivity index (χ2v) is 5.91. The van der Waals surface area contributed by atoms with E-state index in [9.17, 15) is 0 Å². The lowest BCUT2D eigenvalue weighted by molar-refractivity contribution is 0.0374. The number of benzene rings is 1. The number of hydrogen-bond acceptors (Lipinski definition) is 4. The van der Waals surface area contributed by atoms with Gasteiger partial charge in [-0.3, -0.25) is 9.58 Å². The Balaban J connectivity index is 1.58. The number of nitrogens with zero attached hydrogens (tertiary/aromatic N) is 3. The molecule has 0 aliphatic carbocycles. The second-order valence-electron chi connectivity index (χ2n) is 5.91. The average Bonchev–Trinajstić information content (AvgIpc) is 3.09. The zero-order valence-electron chi connectivity index (χ0n) is 13.8. The van der Waals surface area contributed by atoms with Crippen molar-refractivity contribution in [3.8, 4) is 5.75 Å². The largest absolute Gasteiger partial charge is 0.496 e. The minimum Gasteiger partial charge on any atom is -0.496 e. The van der Waals surface area contributed by atoms with Crippen molar-refractivity contribution in [1.82, 2.24) is 14.7 Å². The fourth-order valence-corrected chi connectivity index (χ4v) is 3.01. The number of rotatable bonds is 7. The van der Waals surface area contributed by atoms with Gasteiger partial charge in [0.1, 0.15) is 5.75 Å². The number of ether oxygens (including phenoxy) is 2. The van der Waals surface area contributed by atoms with Crippen LogP contribution in [0, 0.1) is 0 Å². The van der Waals surface area contributed by atoms with Gasteiger partial charge in [0.05, 0.1) is 26.9 Å². The molecule has 2 aromatic rings. The molecule has 0 amide bonds. The van der Waals surface area contributed by atoms with Gasteiger partial charge in [0.2, 0.25) is 0 Å². The Kier molecular flexibility index (Phi) is 5.66. The van der Waals surface area contributed by atoms with Crippen LogP contribution in [0.25, 0.3) is 0 Å². The predicted molar refractivity (Wildman–Crippen MR) is 89.9 cm³/mol. The van der Waals surface area contributed by atoms with E-state index in [2.05, 4.69) is 28.2 Å². The van der Waals surface area contributed by atoms with Crippen molar-refractivity contribution in [2.75, 3.05) is 40.0 Å². The number of hydrogen-bond donors (Lipinski definition) is 0. The van der Waals surface area contributed by atoms with Crippen molar-refractivity contribution in [2.24, 2.45) is 0 Å². The highest BCUT2D eigenvalue weighted by Gasteiger charge is 2.10. The third kappa shape index (κ3) is 4.56. The number of methoxy groups -OCH3 is 1. The summed E-state index contributed by atoms with van der Waals surface area (Å²) >= 11 is 0. The maximum atomic E-state index is 5.49. The van der Waals surface area contributed by atoms with Crippen LogP contribution in [0.3, 0.4) is 0 Å². The number of aromatic nitrogens is 2. The van der Waals surface area contributed by atoms with Crippen molar-refractivity contribution in [1.29, 1.82) is 0 Å². The lowest BCUT2D eigenvalue weighted by Gasteiger charge is -2.26. The van der Waals surface area contributed by atoms with Crippen LogP contribution in [0.5, 0.6) is 5.75 Å². The van der Waals surface area contributed by atoms with Crippen molar-refractivity contribution >= 4 is 0 Å². The summed E-state index contributed by atoms with van der Waals surface area (Å²) < 4.78 is 12.8. The van der Waals surface area contributed by atoms with Crippen LogP contribution in [-0.4, -0.2) is 54.6 Å². The molecular weight excluding hydrogens is 290 g/mol. The van der Waals surface area contributed by atoms with Crippen molar-refractivity contribution in [2.45, 2.75) is 19.4 Å². The summed E-state index contributed by atoms with van der Waals surface area (Å²) in [5, 5.41) is 4.28. The lowest BCUT2D eigenvalue weighted by atomic mass is 10.0. The molecule has 1 fully saturated rings. The molecule has 3 rings (SSSR count). The summed E-state index contributed by atoms with van der Waals surface area (Å²) in [6.07, 6.45) is 6.05. The van der Waals surface area contributed by atoms with Crippen molar-refractivity contribution in [3.63, 3.8) is 0 Å². The highest BCUT2D eigenvalue weighted by Crippen LogP contribution is 2.21. The van der Waals surface area contributed by atoms with Gasteiger partial charge in [0.25, 0.3) is 0 Å². The van der Waals surface area contributed by atoms with Gasteiger partial charge in [0.15, 0.2) is 0 Å². The monoisotopic (exact) mass is 315 g/mol. The summed E-state index contributed by atoms with van der Waals surface area (Å²) in [5.41, 5.74) is 2.54. The molecule has 0 spiro atoms. The maximum absolute atomic E-state index is 5.49. The molecule has 23 heavy (non-hydrogen) atoms. The Bertz CT molecular complexity index is 592. The van der Waals surface area contributed by atoms with Crippen molar-refractivity contribution in [3.05, 3.63) is 47.8 Å². The lowest BCUT2D eigenvalue weighted by Crippen LogP contribution is -2.36. The molecule has 2 heterocycles. The Morgan fingerprint density at radius 1 is 1.26 bits per heavy atom. The van der Waals surface area contributed by atoms with Crippen LogP contribution in [0.4, 0.5) is 0 Å².